The lowest BCUT2D eigenvalue weighted by Crippen LogP contribution is -2.46. The molecule has 2 aliphatic rings. The zero-order valence-electron chi connectivity index (χ0n) is 10.6. The van der Waals surface area contributed by atoms with Crippen molar-refractivity contribution in [1.29, 1.82) is 5.41 Å². The average Bonchev–Trinajstić information content (AvgIpc) is 2.46. The molecule has 106 valence electrons. The number of ether oxygens (including phenoxy) is 1. The van der Waals surface area contributed by atoms with Crippen molar-refractivity contribution < 1.29 is 24.2 Å². The Balaban J connectivity index is 2.12. The van der Waals surface area contributed by atoms with E-state index in [0.29, 0.717) is 6.29 Å². The number of hydrogen-bond donors (Lipinski definition) is 3. The number of carboxylic acids is 1. The second kappa shape index (κ2) is 4.55. The fourth-order valence-electron chi connectivity index (χ4n) is 2.43. The number of rotatable bonds is 2. The van der Waals surface area contributed by atoms with Gasteiger partial charge in [-0.05, 0) is 12.1 Å². The molecule has 1 aliphatic heterocycles. The molecule has 0 spiro atoms. The molecule has 1 aromatic carbocycles. The predicted molar refractivity (Wildman–Crippen MR) is 71.8 cm³/mol. The molecule has 0 amide bonds. The number of fused-ring (bicyclic) bond motifs is 2. The molecular formula is C14H10N2O5. The van der Waals surface area contributed by atoms with Gasteiger partial charge in [0, 0.05) is 6.08 Å². The lowest BCUT2D eigenvalue weighted by molar-refractivity contribution is -0.113. The number of aromatic carboxylic acids is 1. The van der Waals surface area contributed by atoms with Crippen molar-refractivity contribution in [1.82, 2.24) is 0 Å². The number of carbonyl (C=O) groups excluding carboxylic acids is 2. The topological polar surface area (TPSA) is 117 Å². The van der Waals surface area contributed by atoms with E-state index in [1.54, 1.807) is 6.07 Å². The van der Waals surface area contributed by atoms with Crippen LogP contribution in [0.5, 0.6) is 5.75 Å². The molecule has 0 aromatic heterocycles. The van der Waals surface area contributed by atoms with Gasteiger partial charge in [-0.2, -0.15) is 0 Å². The van der Waals surface area contributed by atoms with E-state index in [1.807, 2.05) is 0 Å². The molecule has 0 fully saturated rings. The summed E-state index contributed by atoms with van der Waals surface area (Å²) in [5.41, 5.74) is -0.105. The maximum Gasteiger partial charge on any atom is 0.337 e. The fraction of sp³-hybridized carbons (Fsp3) is 0.143. The predicted octanol–water partition coefficient (Wildman–Crippen LogP) is 0.859. The first-order valence-corrected chi connectivity index (χ1v) is 6.13. The van der Waals surface area contributed by atoms with Crippen molar-refractivity contribution in [3.8, 4) is 5.75 Å². The second-order valence-corrected chi connectivity index (χ2v) is 4.69. The number of hydrogen-bond acceptors (Lipinski definition) is 6. The highest BCUT2D eigenvalue weighted by atomic mass is 16.5. The molecule has 0 saturated heterocycles. The molecule has 2 atom stereocenters. The number of ketones is 1. The molecular weight excluding hydrogens is 276 g/mol. The Labute approximate surface area is 118 Å². The number of aldehydes is 1. The van der Waals surface area contributed by atoms with Crippen molar-refractivity contribution >= 4 is 29.4 Å². The van der Waals surface area contributed by atoms with Crippen molar-refractivity contribution in [3.63, 3.8) is 0 Å². The summed E-state index contributed by atoms with van der Waals surface area (Å²) in [6.07, 6.45) is 1.64. The van der Waals surface area contributed by atoms with E-state index in [0.717, 1.165) is 6.08 Å². The molecule has 7 nitrogen and oxygen atoms in total. The number of carbonyl (C=O) groups is 3. The third-order valence-electron chi connectivity index (χ3n) is 3.47. The molecule has 3 N–H and O–H groups in total. The van der Waals surface area contributed by atoms with Gasteiger partial charge in [0.15, 0.2) is 5.75 Å². The Bertz CT molecular complexity index is 722. The van der Waals surface area contributed by atoms with Crippen LogP contribution < -0.4 is 10.1 Å². The summed E-state index contributed by atoms with van der Waals surface area (Å²) in [4.78, 5) is 34.0. The summed E-state index contributed by atoms with van der Waals surface area (Å²) in [5.74, 6) is -2.25. The molecule has 3 rings (SSSR count). The maximum absolute atomic E-state index is 11.6. The third kappa shape index (κ3) is 1.90. The van der Waals surface area contributed by atoms with Gasteiger partial charge in [-0.3, -0.25) is 4.79 Å². The van der Waals surface area contributed by atoms with E-state index in [4.69, 9.17) is 10.1 Å². The van der Waals surface area contributed by atoms with Gasteiger partial charge >= 0.3 is 5.97 Å². The van der Waals surface area contributed by atoms with E-state index in [2.05, 4.69) is 5.32 Å². The van der Waals surface area contributed by atoms with Crippen LogP contribution in [0.3, 0.4) is 0 Å². The van der Waals surface area contributed by atoms with E-state index in [1.165, 1.54) is 12.1 Å². The Morgan fingerprint density at radius 1 is 1.43 bits per heavy atom. The quantitative estimate of drug-likeness (QED) is 0.694. The summed E-state index contributed by atoms with van der Waals surface area (Å²) in [6.45, 7) is 0. The highest BCUT2D eigenvalue weighted by Gasteiger charge is 2.40. The largest absolute Gasteiger partial charge is 0.478 e. The Morgan fingerprint density at radius 2 is 2.19 bits per heavy atom. The van der Waals surface area contributed by atoms with Gasteiger partial charge in [0.05, 0.1) is 28.9 Å². The SMILES string of the molecule is N=C1C(=O)C=C2Oc3cccc(C(=O)O)c3NC2C1C=O. The van der Waals surface area contributed by atoms with Crippen LogP contribution in [0.25, 0.3) is 0 Å². The molecule has 1 heterocycles. The van der Waals surface area contributed by atoms with Crippen LogP contribution in [-0.4, -0.2) is 34.9 Å². The maximum atomic E-state index is 11.6. The summed E-state index contributed by atoms with van der Waals surface area (Å²) < 4.78 is 5.54. The number of carboxylic acid groups (broad SMARTS) is 1. The molecule has 1 aromatic rings. The van der Waals surface area contributed by atoms with Gasteiger partial charge < -0.3 is 25.4 Å². The minimum Gasteiger partial charge on any atom is -0.478 e. The summed E-state index contributed by atoms with van der Waals surface area (Å²) in [7, 11) is 0. The monoisotopic (exact) mass is 286 g/mol. The zero-order chi connectivity index (χ0) is 15.1. The first kappa shape index (κ1) is 13.0. The van der Waals surface area contributed by atoms with E-state index >= 15 is 0 Å². The van der Waals surface area contributed by atoms with Crippen LogP contribution in [-0.2, 0) is 9.59 Å². The Hall–Kier alpha value is -2.96. The summed E-state index contributed by atoms with van der Waals surface area (Å²) in [6, 6.07) is 3.74. The molecule has 0 radical (unpaired) electrons. The van der Waals surface area contributed by atoms with Crippen LogP contribution >= 0.6 is 0 Å². The molecule has 7 heteroatoms. The second-order valence-electron chi connectivity index (χ2n) is 4.69. The van der Waals surface area contributed by atoms with Gasteiger partial charge in [0.25, 0.3) is 0 Å². The molecule has 0 saturated carbocycles. The van der Waals surface area contributed by atoms with Gasteiger partial charge in [-0.15, -0.1) is 0 Å². The standard InChI is InChI=1S/C14H10N2O5/c15-11-7(5-17)13-10(4-8(11)18)21-9-3-1-2-6(14(19)20)12(9)16-13/h1-5,7,13,15-16H,(H,19,20). The minimum atomic E-state index is -1.14. The van der Waals surface area contributed by atoms with Gasteiger partial charge in [0.2, 0.25) is 5.78 Å². The lowest BCUT2D eigenvalue weighted by Gasteiger charge is -2.35. The average molecular weight is 286 g/mol. The van der Waals surface area contributed by atoms with E-state index in [9.17, 15) is 19.5 Å². The summed E-state index contributed by atoms with van der Waals surface area (Å²) in [5, 5.41) is 19.7. The van der Waals surface area contributed by atoms with Crippen LogP contribution in [0.1, 0.15) is 10.4 Å². The number of anilines is 1. The van der Waals surface area contributed by atoms with E-state index in [-0.39, 0.29) is 28.5 Å². The van der Waals surface area contributed by atoms with Gasteiger partial charge in [0.1, 0.15) is 12.0 Å². The first-order valence-electron chi connectivity index (χ1n) is 6.13. The molecule has 1 aliphatic carbocycles. The Kier molecular flexibility index (Phi) is 2.83. The smallest absolute Gasteiger partial charge is 0.337 e. The third-order valence-corrected chi connectivity index (χ3v) is 3.47. The van der Waals surface area contributed by atoms with Crippen LogP contribution in [0.2, 0.25) is 0 Å². The van der Waals surface area contributed by atoms with Gasteiger partial charge in [-0.25, -0.2) is 4.79 Å². The number of benzene rings is 1. The minimum absolute atomic E-state index is 0.000343. The number of nitrogens with one attached hydrogen (secondary N) is 2. The van der Waals surface area contributed by atoms with Crippen molar-refractivity contribution in [2.24, 2.45) is 5.92 Å². The normalized spacial score (nSPS) is 23.1. The van der Waals surface area contributed by atoms with Crippen LogP contribution in [0.4, 0.5) is 5.69 Å². The Morgan fingerprint density at radius 3 is 2.86 bits per heavy atom. The molecule has 2 unspecified atom stereocenters. The molecule has 0 bridgehead atoms. The van der Waals surface area contributed by atoms with Crippen molar-refractivity contribution in [3.05, 3.63) is 35.6 Å². The van der Waals surface area contributed by atoms with Crippen LogP contribution in [0, 0.1) is 11.3 Å². The number of allylic oxidation sites excluding steroid dienone is 1. The first-order chi connectivity index (χ1) is 10.0. The van der Waals surface area contributed by atoms with E-state index < -0.39 is 23.7 Å². The summed E-state index contributed by atoms with van der Waals surface area (Å²) >= 11 is 0. The van der Waals surface area contributed by atoms with Crippen molar-refractivity contribution in [2.75, 3.05) is 5.32 Å². The van der Waals surface area contributed by atoms with Gasteiger partial charge in [-0.1, -0.05) is 6.07 Å². The molecule has 21 heavy (non-hydrogen) atoms. The van der Waals surface area contributed by atoms with Crippen LogP contribution in [0.15, 0.2) is 30.0 Å². The zero-order valence-corrected chi connectivity index (χ0v) is 10.6. The van der Waals surface area contributed by atoms with Crippen molar-refractivity contribution in [2.45, 2.75) is 6.04 Å². The highest BCUT2D eigenvalue weighted by molar-refractivity contribution is 6.46. The number of para-hydroxylation sites is 1. The highest BCUT2D eigenvalue weighted by Crippen LogP contribution is 2.38. The fourth-order valence-corrected chi connectivity index (χ4v) is 2.43. The lowest BCUT2D eigenvalue weighted by atomic mass is 9.85.